The fraction of sp³-hybridized carbons (Fsp3) is 0.100. The van der Waals surface area contributed by atoms with Gasteiger partial charge in [-0.05, 0) is 53.6 Å². The molecule has 0 saturated carbocycles. The molecule has 0 aliphatic rings. The maximum atomic E-state index is 12.7. The third-order valence-electron chi connectivity index (χ3n) is 4.16. The van der Waals surface area contributed by atoms with Crippen LogP contribution < -0.4 is 9.62 Å². The Kier molecular flexibility index (Phi) is 5.76. The van der Waals surface area contributed by atoms with Gasteiger partial charge >= 0.3 is 5.97 Å². The predicted molar refractivity (Wildman–Crippen MR) is 113 cm³/mol. The van der Waals surface area contributed by atoms with Gasteiger partial charge in [-0.2, -0.15) is 0 Å². The topological polar surface area (TPSA) is 99.6 Å². The second-order valence-corrected chi connectivity index (χ2v) is 8.54. The van der Waals surface area contributed by atoms with Crippen molar-refractivity contribution in [1.82, 2.24) is 4.98 Å². The zero-order valence-corrected chi connectivity index (χ0v) is 17.2. The SMILES string of the molecule is CN(C)c1cc(-c2ccc(S(=O)(=O)Nc3ccc(Cl)cc3C(=O)O)cc2)ccn1. The lowest BCUT2D eigenvalue weighted by Gasteiger charge is -2.13. The van der Waals surface area contributed by atoms with E-state index in [0.29, 0.717) is 0 Å². The van der Waals surface area contributed by atoms with E-state index in [2.05, 4.69) is 9.71 Å². The average Bonchev–Trinajstić information content (AvgIpc) is 2.69. The Morgan fingerprint density at radius 2 is 1.72 bits per heavy atom. The van der Waals surface area contributed by atoms with Gasteiger partial charge in [0.15, 0.2) is 0 Å². The molecule has 0 spiro atoms. The number of hydrogen-bond donors (Lipinski definition) is 2. The minimum atomic E-state index is -3.98. The fourth-order valence-electron chi connectivity index (χ4n) is 2.66. The highest BCUT2D eigenvalue weighted by molar-refractivity contribution is 7.92. The van der Waals surface area contributed by atoms with Gasteiger partial charge in [-0.1, -0.05) is 23.7 Å². The molecule has 0 amide bonds. The molecule has 2 N–H and O–H groups in total. The number of nitrogens with one attached hydrogen (secondary N) is 1. The van der Waals surface area contributed by atoms with Crippen molar-refractivity contribution < 1.29 is 18.3 Å². The van der Waals surface area contributed by atoms with Crippen LogP contribution in [0, 0.1) is 0 Å². The van der Waals surface area contributed by atoms with Gasteiger partial charge in [0, 0.05) is 25.3 Å². The van der Waals surface area contributed by atoms with Crippen molar-refractivity contribution in [3.05, 3.63) is 71.4 Å². The van der Waals surface area contributed by atoms with Crippen molar-refractivity contribution in [2.24, 2.45) is 0 Å². The molecule has 0 aliphatic heterocycles. The summed E-state index contributed by atoms with van der Waals surface area (Å²) in [4.78, 5) is 17.5. The van der Waals surface area contributed by atoms with Crippen molar-refractivity contribution >= 4 is 39.1 Å². The Hall–Kier alpha value is -3.10. The van der Waals surface area contributed by atoms with E-state index in [-0.39, 0.29) is 21.2 Å². The summed E-state index contributed by atoms with van der Waals surface area (Å²) >= 11 is 5.81. The van der Waals surface area contributed by atoms with Crippen molar-refractivity contribution in [1.29, 1.82) is 0 Å². The Morgan fingerprint density at radius 1 is 1.03 bits per heavy atom. The van der Waals surface area contributed by atoms with Crippen molar-refractivity contribution in [3.63, 3.8) is 0 Å². The molecule has 1 heterocycles. The number of hydrogen-bond acceptors (Lipinski definition) is 5. The van der Waals surface area contributed by atoms with E-state index in [9.17, 15) is 18.3 Å². The van der Waals surface area contributed by atoms with E-state index in [4.69, 9.17) is 11.6 Å². The zero-order valence-electron chi connectivity index (χ0n) is 15.6. The molecule has 9 heteroatoms. The van der Waals surface area contributed by atoms with Gasteiger partial charge < -0.3 is 10.0 Å². The number of anilines is 2. The quantitative estimate of drug-likeness (QED) is 0.612. The van der Waals surface area contributed by atoms with Crippen LogP contribution in [-0.2, 0) is 10.0 Å². The molecule has 0 aliphatic carbocycles. The van der Waals surface area contributed by atoms with Gasteiger partial charge in [0.1, 0.15) is 5.82 Å². The molecule has 0 bridgehead atoms. The van der Waals surface area contributed by atoms with E-state index in [0.717, 1.165) is 16.9 Å². The highest BCUT2D eigenvalue weighted by atomic mass is 35.5. The third kappa shape index (κ3) is 4.67. The molecule has 0 saturated heterocycles. The zero-order chi connectivity index (χ0) is 21.2. The Morgan fingerprint density at radius 3 is 2.34 bits per heavy atom. The number of carbonyl (C=O) groups is 1. The van der Waals surface area contributed by atoms with Gasteiger partial charge in [0.05, 0.1) is 16.1 Å². The van der Waals surface area contributed by atoms with Crippen LogP contribution in [0.4, 0.5) is 11.5 Å². The lowest BCUT2D eigenvalue weighted by molar-refractivity contribution is 0.0698. The maximum Gasteiger partial charge on any atom is 0.337 e. The van der Waals surface area contributed by atoms with Crippen molar-refractivity contribution in [2.45, 2.75) is 4.90 Å². The highest BCUT2D eigenvalue weighted by Gasteiger charge is 2.19. The number of nitrogens with zero attached hydrogens (tertiary/aromatic N) is 2. The predicted octanol–water partition coefficient (Wildman–Crippen LogP) is 3.97. The average molecular weight is 432 g/mol. The molecule has 29 heavy (non-hydrogen) atoms. The minimum absolute atomic E-state index is 0.00873. The summed E-state index contributed by atoms with van der Waals surface area (Å²) < 4.78 is 27.7. The molecule has 3 aromatic rings. The summed E-state index contributed by atoms with van der Waals surface area (Å²) in [6, 6.07) is 13.9. The Bertz CT molecular complexity index is 1160. The summed E-state index contributed by atoms with van der Waals surface area (Å²) in [5, 5.41) is 9.48. The minimum Gasteiger partial charge on any atom is -0.478 e. The number of halogens is 1. The summed E-state index contributed by atoms with van der Waals surface area (Å²) in [7, 11) is -0.211. The van der Waals surface area contributed by atoms with Crippen LogP contribution in [0.2, 0.25) is 5.02 Å². The second kappa shape index (κ2) is 8.10. The number of pyridine rings is 1. The molecule has 2 aromatic carbocycles. The van der Waals surface area contributed by atoms with Gasteiger partial charge in [-0.25, -0.2) is 18.2 Å². The molecule has 0 unspecified atom stereocenters. The van der Waals surface area contributed by atoms with Crippen LogP contribution in [0.5, 0.6) is 0 Å². The molecule has 3 rings (SSSR count). The third-order valence-corrected chi connectivity index (χ3v) is 5.77. The number of aromatic carboxylic acids is 1. The molecule has 0 radical (unpaired) electrons. The first-order valence-electron chi connectivity index (χ1n) is 8.47. The standard InChI is InChI=1S/C20H18ClN3O4S/c1-24(2)19-11-14(9-10-22-19)13-3-6-16(7-4-13)29(27,28)23-18-8-5-15(21)12-17(18)20(25)26/h3-12,23H,1-2H3,(H,25,26). The molecular formula is C20H18ClN3O4S. The number of rotatable bonds is 6. The Labute approximate surface area is 173 Å². The van der Waals surface area contributed by atoms with E-state index in [1.54, 1.807) is 18.3 Å². The molecule has 7 nitrogen and oxygen atoms in total. The number of aromatic nitrogens is 1. The van der Waals surface area contributed by atoms with Crippen molar-refractivity contribution in [3.8, 4) is 11.1 Å². The van der Waals surface area contributed by atoms with E-state index in [1.165, 1.54) is 30.3 Å². The van der Waals surface area contributed by atoms with Gasteiger partial charge in [-0.3, -0.25) is 4.72 Å². The van der Waals surface area contributed by atoms with Crippen molar-refractivity contribution in [2.75, 3.05) is 23.7 Å². The molecular weight excluding hydrogens is 414 g/mol. The van der Waals surface area contributed by atoms with Crippen LogP contribution in [0.25, 0.3) is 11.1 Å². The van der Waals surface area contributed by atoms with Crippen LogP contribution in [0.15, 0.2) is 65.7 Å². The lowest BCUT2D eigenvalue weighted by Crippen LogP contribution is -2.15. The van der Waals surface area contributed by atoms with Gasteiger partial charge in [-0.15, -0.1) is 0 Å². The van der Waals surface area contributed by atoms with Gasteiger partial charge in [0.2, 0.25) is 0 Å². The summed E-state index contributed by atoms with van der Waals surface area (Å²) in [6.45, 7) is 0. The van der Waals surface area contributed by atoms with Crippen LogP contribution in [0.1, 0.15) is 10.4 Å². The van der Waals surface area contributed by atoms with Gasteiger partial charge in [0.25, 0.3) is 10.0 Å². The normalized spacial score (nSPS) is 11.1. The van der Waals surface area contributed by atoms with Crippen LogP contribution in [-0.4, -0.2) is 38.6 Å². The molecule has 1 aromatic heterocycles. The second-order valence-electron chi connectivity index (χ2n) is 6.42. The molecule has 0 fully saturated rings. The highest BCUT2D eigenvalue weighted by Crippen LogP contribution is 2.26. The number of benzene rings is 2. The fourth-order valence-corrected chi connectivity index (χ4v) is 3.91. The summed E-state index contributed by atoms with van der Waals surface area (Å²) in [5.41, 5.74) is 1.43. The summed E-state index contributed by atoms with van der Waals surface area (Å²) in [5.74, 6) is -0.500. The van der Waals surface area contributed by atoms with E-state index < -0.39 is 16.0 Å². The smallest absolute Gasteiger partial charge is 0.337 e. The maximum absolute atomic E-state index is 12.7. The lowest BCUT2D eigenvalue weighted by atomic mass is 10.1. The first kappa shape index (κ1) is 20.6. The summed E-state index contributed by atoms with van der Waals surface area (Å²) in [6.07, 6.45) is 1.69. The van der Waals surface area contributed by atoms with Crippen LogP contribution in [0.3, 0.4) is 0 Å². The number of carboxylic acid groups (broad SMARTS) is 1. The molecule has 150 valence electrons. The Balaban J connectivity index is 1.90. The first-order chi connectivity index (χ1) is 13.7. The monoisotopic (exact) mass is 431 g/mol. The number of sulfonamides is 1. The first-order valence-corrected chi connectivity index (χ1v) is 10.3. The number of carboxylic acids is 1. The van der Waals surface area contributed by atoms with Crippen LogP contribution >= 0.6 is 11.6 Å². The van der Waals surface area contributed by atoms with E-state index >= 15 is 0 Å². The molecule has 0 atom stereocenters. The van der Waals surface area contributed by atoms with E-state index in [1.807, 2.05) is 31.1 Å². The largest absolute Gasteiger partial charge is 0.478 e.